The van der Waals surface area contributed by atoms with E-state index in [0.29, 0.717) is 30.6 Å². The molecule has 0 unspecified atom stereocenters. The zero-order valence-corrected chi connectivity index (χ0v) is 15.9. The first-order valence-corrected chi connectivity index (χ1v) is 9.76. The summed E-state index contributed by atoms with van der Waals surface area (Å²) < 4.78 is 5.40. The Labute approximate surface area is 150 Å². The first-order valence-electron chi connectivity index (χ1n) is 9.76. The van der Waals surface area contributed by atoms with Crippen molar-refractivity contribution in [3.8, 4) is 0 Å². The van der Waals surface area contributed by atoms with Crippen LogP contribution in [0.15, 0.2) is 4.52 Å². The van der Waals surface area contributed by atoms with E-state index in [1.807, 2.05) is 19.0 Å². The number of aromatic nitrogens is 2. The molecule has 0 bridgehead atoms. The third-order valence-corrected chi connectivity index (χ3v) is 5.70. The lowest BCUT2D eigenvalue weighted by atomic mass is 9.80. The highest BCUT2D eigenvalue weighted by molar-refractivity contribution is 5.77. The minimum atomic E-state index is -0.425. The fourth-order valence-electron chi connectivity index (χ4n) is 4.49. The van der Waals surface area contributed by atoms with Crippen LogP contribution >= 0.6 is 0 Å². The van der Waals surface area contributed by atoms with Gasteiger partial charge in [-0.05, 0) is 51.6 Å². The molecular weight excluding hydrogens is 316 g/mol. The van der Waals surface area contributed by atoms with E-state index in [9.17, 15) is 4.79 Å². The van der Waals surface area contributed by atoms with Gasteiger partial charge in [-0.25, -0.2) is 0 Å². The van der Waals surface area contributed by atoms with E-state index in [1.165, 1.54) is 25.7 Å². The lowest BCUT2D eigenvalue weighted by Gasteiger charge is -2.30. The van der Waals surface area contributed by atoms with E-state index in [0.717, 1.165) is 31.6 Å². The quantitative estimate of drug-likeness (QED) is 0.854. The smallest absolute Gasteiger partial charge is 0.240 e. The molecule has 2 fully saturated rings. The van der Waals surface area contributed by atoms with Crippen LogP contribution in [0.3, 0.4) is 0 Å². The van der Waals surface area contributed by atoms with Crippen molar-refractivity contribution >= 4 is 5.91 Å². The van der Waals surface area contributed by atoms with Crippen LogP contribution in [-0.2, 0) is 16.9 Å². The Bertz CT molecular complexity index is 578. The maximum Gasteiger partial charge on any atom is 0.240 e. The standard InChI is InChI=1S/C19H32N4O2/c1-14-7-6-8-15(11-14)12-16(24)21-19(9-4-5-10-19)18-20-17(25-22-18)13-23(2)3/h14-15H,4-13H2,1-3H3,(H,21,24)/t14-,15-/m0/s1. The summed E-state index contributed by atoms with van der Waals surface area (Å²) in [4.78, 5) is 19.3. The molecule has 3 rings (SSSR count). The maximum atomic E-state index is 12.7. The first-order chi connectivity index (χ1) is 12.0. The van der Waals surface area contributed by atoms with Gasteiger partial charge in [-0.3, -0.25) is 4.79 Å². The third kappa shape index (κ3) is 4.60. The molecule has 1 aromatic heterocycles. The van der Waals surface area contributed by atoms with Crippen LogP contribution in [-0.4, -0.2) is 35.0 Å². The summed E-state index contributed by atoms with van der Waals surface area (Å²) in [6.07, 6.45) is 9.55. The Kier molecular flexibility index (Phi) is 5.77. The topological polar surface area (TPSA) is 71.3 Å². The van der Waals surface area contributed by atoms with Crippen LogP contribution in [0.5, 0.6) is 0 Å². The summed E-state index contributed by atoms with van der Waals surface area (Å²) in [6.45, 7) is 2.92. The van der Waals surface area contributed by atoms with E-state index >= 15 is 0 Å². The number of carbonyl (C=O) groups is 1. The van der Waals surface area contributed by atoms with Gasteiger partial charge < -0.3 is 14.7 Å². The average Bonchev–Trinajstić information content (AvgIpc) is 3.17. The second kappa shape index (κ2) is 7.85. The molecule has 1 heterocycles. The van der Waals surface area contributed by atoms with Crippen molar-refractivity contribution in [1.82, 2.24) is 20.4 Å². The van der Waals surface area contributed by atoms with Crippen molar-refractivity contribution in [1.29, 1.82) is 0 Å². The summed E-state index contributed by atoms with van der Waals surface area (Å²) in [5.41, 5.74) is -0.425. The summed E-state index contributed by atoms with van der Waals surface area (Å²) in [5, 5.41) is 7.51. The third-order valence-electron chi connectivity index (χ3n) is 5.70. The zero-order valence-electron chi connectivity index (χ0n) is 15.9. The Balaban J connectivity index is 1.65. The fourth-order valence-corrected chi connectivity index (χ4v) is 4.49. The molecule has 2 aliphatic rings. The van der Waals surface area contributed by atoms with Crippen molar-refractivity contribution in [2.24, 2.45) is 11.8 Å². The Morgan fingerprint density at radius 2 is 2.04 bits per heavy atom. The molecule has 1 N–H and O–H groups in total. The lowest BCUT2D eigenvalue weighted by Crippen LogP contribution is -2.45. The van der Waals surface area contributed by atoms with E-state index in [1.54, 1.807) is 0 Å². The van der Waals surface area contributed by atoms with Gasteiger partial charge in [0.15, 0.2) is 5.82 Å². The molecule has 0 radical (unpaired) electrons. The molecule has 140 valence electrons. The summed E-state index contributed by atoms with van der Waals surface area (Å²) in [5.74, 6) is 2.70. The lowest BCUT2D eigenvalue weighted by molar-refractivity contribution is -0.124. The number of hydrogen-bond donors (Lipinski definition) is 1. The minimum Gasteiger partial charge on any atom is -0.343 e. The van der Waals surface area contributed by atoms with Crippen molar-refractivity contribution in [2.45, 2.75) is 76.8 Å². The molecule has 6 nitrogen and oxygen atoms in total. The minimum absolute atomic E-state index is 0.153. The predicted octanol–water partition coefficient (Wildman–Crippen LogP) is 3.23. The van der Waals surface area contributed by atoms with Gasteiger partial charge in [-0.1, -0.05) is 37.8 Å². The van der Waals surface area contributed by atoms with Crippen molar-refractivity contribution in [3.63, 3.8) is 0 Å². The first kappa shape index (κ1) is 18.4. The summed E-state index contributed by atoms with van der Waals surface area (Å²) >= 11 is 0. The molecule has 0 saturated heterocycles. The molecule has 6 heteroatoms. The number of nitrogens with zero attached hydrogens (tertiary/aromatic N) is 3. The highest BCUT2D eigenvalue weighted by atomic mass is 16.5. The number of carbonyl (C=O) groups excluding carboxylic acids is 1. The molecule has 0 spiro atoms. The van der Waals surface area contributed by atoms with Gasteiger partial charge in [0, 0.05) is 6.42 Å². The highest BCUT2D eigenvalue weighted by Crippen LogP contribution is 2.38. The zero-order chi connectivity index (χ0) is 17.9. The molecule has 25 heavy (non-hydrogen) atoms. The van der Waals surface area contributed by atoms with Gasteiger partial charge in [0.2, 0.25) is 11.8 Å². The summed E-state index contributed by atoms with van der Waals surface area (Å²) in [7, 11) is 3.95. The van der Waals surface area contributed by atoms with Gasteiger partial charge in [0.25, 0.3) is 0 Å². The van der Waals surface area contributed by atoms with E-state index < -0.39 is 5.54 Å². The SMILES string of the molecule is C[C@H]1CCC[C@H](CC(=O)NC2(c3noc(CN(C)C)n3)CCCC2)C1. The molecule has 1 amide bonds. The Morgan fingerprint density at radius 1 is 1.28 bits per heavy atom. The van der Waals surface area contributed by atoms with Crippen molar-refractivity contribution in [2.75, 3.05) is 14.1 Å². The van der Waals surface area contributed by atoms with Crippen LogP contribution in [0.2, 0.25) is 0 Å². The second-order valence-electron chi connectivity index (χ2n) is 8.43. The number of rotatable bonds is 6. The van der Waals surface area contributed by atoms with Crippen molar-refractivity contribution < 1.29 is 9.32 Å². The van der Waals surface area contributed by atoms with Crippen molar-refractivity contribution in [3.05, 3.63) is 11.7 Å². The number of nitrogens with one attached hydrogen (secondary N) is 1. The molecule has 1 aromatic rings. The van der Waals surface area contributed by atoms with E-state index in [2.05, 4.69) is 22.4 Å². The average molecular weight is 348 g/mol. The van der Waals surface area contributed by atoms with Gasteiger partial charge in [-0.15, -0.1) is 0 Å². The number of hydrogen-bond acceptors (Lipinski definition) is 5. The van der Waals surface area contributed by atoms with Crippen LogP contribution in [0.1, 0.15) is 76.4 Å². The van der Waals surface area contributed by atoms with Gasteiger partial charge >= 0.3 is 0 Å². The van der Waals surface area contributed by atoms with Crippen LogP contribution in [0.25, 0.3) is 0 Å². The Morgan fingerprint density at radius 3 is 2.72 bits per heavy atom. The van der Waals surface area contributed by atoms with Crippen LogP contribution in [0.4, 0.5) is 0 Å². The predicted molar refractivity (Wildman–Crippen MR) is 95.7 cm³/mol. The molecular formula is C19H32N4O2. The summed E-state index contributed by atoms with van der Waals surface area (Å²) in [6, 6.07) is 0. The fraction of sp³-hybridized carbons (Fsp3) is 0.842. The Hall–Kier alpha value is -1.43. The van der Waals surface area contributed by atoms with Gasteiger partial charge in [-0.2, -0.15) is 4.98 Å². The maximum absolute atomic E-state index is 12.7. The molecule has 0 aromatic carbocycles. The van der Waals surface area contributed by atoms with Gasteiger partial charge in [0.1, 0.15) is 5.54 Å². The van der Waals surface area contributed by atoms with E-state index in [4.69, 9.17) is 4.52 Å². The normalized spacial score (nSPS) is 26.1. The largest absolute Gasteiger partial charge is 0.343 e. The molecule has 2 saturated carbocycles. The van der Waals surface area contributed by atoms with Crippen LogP contribution in [0, 0.1) is 11.8 Å². The molecule has 2 aliphatic carbocycles. The van der Waals surface area contributed by atoms with Crippen LogP contribution < -0.4 is 5.32 Å². The monoisotopic (exact) mass is 348 g/mol. The highest BCUT2D eigenvalue weighted by Gasteiger charge is 2.41. The second-order valence-corrected chi connectivity index (χ2v) is 8.43. The molecule has 0 aliphatic heterocycles. The number of amides is 1. The molecule has 2 atom stereocenters. The van der Waals surface area contributed by atoms with E-state index in [-0.39, 0.29) is 5.91 Å². The van der Waals surface area contributed by atoms with Gasteiger partial charge in [0.05, 0.1) is 6.54 Å².